The van der Waals surface area contributed by atoms with Gasteiger partial charge in [-0.25, -0.2) is 13.9 Å². The summed E-state index contributed by atoms with van der Waals surface area (Å²) >= 11 is 0. The van der Waals surface area contributed by atoms with E-state index in [0.717, 1.165) is 12.8 Å². The predicted molar refractivity (Wildman–Crippen MR) is 106 cm³/mol. The van der Waals surface area contributed by atoms with Crippen molar-refractivity contribution in [1.82, 2.24) is 9.78 Å². The normalized spacial score (nSPS) is 10.7. The molecule has 2 aromatic carbocycles. The van der Waals surface area contributed by atoms with Gasteiger partial charge >= 0.3 is 5.97 Å². The summed E-state index contributed by atoms with van der Waals surface area (Å²) in [6.07, 6.45) is 1.60. The molecule has 0 spiro atoms. The van der Waals surface area contributed by atoms with Crippen molar-refractivity contribution in [3.63, 3.8) is 0 Å². The lowest BCUT2D eigenvalue weighted by Crippen LogP contribution is -2.27. The number of rotatable bonds is 7. The molecule has 0 radical (unpaired) electrons. The Labute approximate surface area is 166 Å². The van der Waals surface area contributed by atoms with Gasteiger partial charge in [0.15, 0.2) is 12.3 Å². The topological polar surface area (TPSA) is 90.3 Å². The zero-order chi connectivity index (χ0) is 20.8. The van der Waals surface area contributed by atoms with Crippen LogP contribution < -0.4 is 10.9 Å². The monoisotopic (exact) mass is 397 g/mol. The summed E-state index contributed by atoms with van der Waals surface area (Å²) in [6, 6.07) is 11.8. The summed E-state index contributed by atoms with van der Waals surface area (Å²) in [5.74, 6) is -1.81. The molecule has 0 atom stereocenters. The number of fused-ring (bicyclic) bond motifs is 1. The number of hydrogen-bond acceptors (Lipinski definition) is 5. The highest BCUT2D eigenvalue weighted by molar-refractivity contribution is 6.03. The molecule has 7 nitrogen and oxygen atoms in total. The summed E-state index contributed by atoms with van der Waals surface area (Å²) in [5, 5.41) is 7.40. The maximum absolute atomic E-state index is 12.9. The Morgan fingerprint density at radius 2 is 1.79 bits per heavy atom. The molecule has 0 aliphatic heterocycles. The molecule has 1 amide bonds. The van der Waals surface area contributed by atoms with Gasteiger partial charge in [-0.1, -0.05) is 31.5 Å². The first-order chi connectivity index (χ1) is 14.0. The molecule has 1 N–H and O–H groups in total. The van der Waals surface area contributed by atoms with Crippen molar-refractivity contribution in [2.24, 2.45) is 0 Å². The van der Waals surface area contributed by atoms with E-state index in [0.29, 0.717) is 23.0 Å². The number of nitrogens with zero attached hydrogens (tertiary/aromatic N) is 2. The Bertz CT molecular complexity index is 1090. The number of aromatic nitrogens is 2. The molecule has 150 valence electrons. The third-order valence-corrected chi connectivity index (χ3v) is 4.25. The summed E-state index contributed by atoms with van der Waals surface area (Å²) in [5.41, 5.74) is 0.0784. The van der Waals surface area contributed by atoms with Gasteiger partial charge in [0.1, 0.15) is 5.82 Å². The summed E-state index contributed by atoms with van der Waals surface area (Å²) < 4.78 is 19.3. The third kappa shape index (κ3) is 4.84. The van der Waals surface area contributed by atoms with Crippen LogP contribution in [0.15, 0.2) is 53.3 Å². The molecule has 1 aromatic heterocycles. The first-order valence-electron chi connectivity index (χ1n) is 9.22. The zero-order valence-corrected chi connectivity index (χ0v) is 15.9. The van der Waals surface area contributed by atoms with Gasteiger partial charge in [0.2, 0.25) is 0 Å². The van der Waals surface area contributed by atoms with Crippen molar-refractivity contribution in [1.29, 1.82) is 0 Å². The van der Waals surface area contributed by atoms with Crippen molar-refractivity contribution in [3.05, 3.63) is 70.4 Å². The maximum atomic E-state index is 12.9. The lowest BCUT2D eigenvalue weighted by molar-refractivity contribution is -0.119. The average Bonchev–Trinajstić information content (AvgIpc) is 2.73. The van der Waals surface area contributed by atoms with Crippen molar-refractivity contribution in [2.45, 2.75) is 26.3 Å². The van der Waals surface area contributed by atoms with Gasteiger partial charge < -0.3 is 10.1 Å². The van der Waals surface area contributed by atoms with Crippen molar-refractivity contribution < 1.29 is 18.7 Å². The molecule has 0 unspecified atom stereocenters. The Kier molecular flexibility index (Phi) is 6.33. The largest absolute Gasteiger partial charge is 0.451 e. The van der Waals surface area contributed by atoms with E-state index in [9.17, 15) is 18.8 Å². The molecule has 0 saturated carbocycles. The van der Waals surface area contributed by atoms with Crippen LogP contribution in [0, 0.1) is 5.82 Å². The molecule has 0 fully saturated rings. The van der Waals surface area contributed by atoms with Gasteiger partial charge in [0.05, 0.1) is 5.39 Å². The minimum absolute atomic E-state index is 0.0223. The van der Waals surface area contributed by atoms with E-state index in [2.05, 4.69) is 10.4 Å². The highest BCUT2D eigenvalue weighted by Gasteiger charge is 2.19. The zero-order valence-electron chi connectivity index (χ0n) is 15.9. The van der Waals surface area contributed by atoms with E-state index in [1.807, 2.05) is 6.92 Å². The molecule has 29 heavy (non-hydrogen) atoms. The number of aryl methyl sites for hydroxylation is 1. The van der Waals surface area contributed by atoms with Crippen molar-refractivity contribution in [3.8, 4) is 0 Å². The van der Waals surface area contributed by atoms with Crippen molar-refractivity contribution >= 4 is 28.3 Å². The number of halogens is 1. The Morgan fingerprint density at radius 1 is 1.10 bits per heavy atom. The lowest BCUT2D eigenvalue weighted by Gasteiger charge is -2.11. The fourth-order valence-electron chi connectivity index (χ4n) is 2.78. The molecule has 1 heterocycles. The maximum Gasteiger partial charge on any atom is 0.359 e. The first kappa shape index (κ1) is 20.2. The Morgan fingerprint density at radius 3 is 2.48 bits per heavy atom. The molecular weight excluding hydrogens is 377 g/mol. The molecule has 0 aliphatic carbocycles. The number of amides is 1. The number of anilines is 1. The van der Waals surface area contributed by atoms with E-state index in [1.54, 1.807) is 24.3 Å². The Hall–Kier alpha value is -3.55. The van der Waals surface area contributed by atoms with Crippen LogP contribution in [0.25, 0.3) is 10.8 Å². The van der Waals surface area contributed by atoms with Gasteiger partial charge in [-0.05, 0) is 36.8 Å². The van der Waals surface area contributed by atoms with Crippen LogP contribution in [0.1, 0.15) is 30.3 Å². The predicted octanol–water partition coefficient (Wildman–Crippen LogP) is 3.13. The summed E-state index contributed by atoms with van der Waals surface area (Å²) in [6.45, 7) is 1.83. The lowest BCUT2D eigenvalue weighted by atomic mass is 10.1. The van der Waals surface area contributed by atoms with E-state index in [-0.39, 0.29) is 11.3 Å². The van der Waals surface area contributed by atoms with Gasteiger partial charge in [0.25, 0.3) is 11.5 Å². The molecule has 0 saturated heterocycles. The van der Waals surface area contributed by atoms with E-state index < -0.39 is 24.3 Å². The number of ether oxygens (including phenoxy) is 1. The minimum atomic E-state index is -0.805. The third-order valence-electron chi connectivity index (χ3n) is 4.25. The second kappa shape index (κ2) is 9.09. The van der Waals surface area contributed by atoms with Gasteiger partial charge in [-0.2, -0.15) is 5.10 Å². The molecule has 0 bridgehead atoms. The number of unbranched alkanes of at least 4 members (excludes halogenated alkanes) is 1. The summed E-state index contributed by atoms with van der Waals surface area (Å²) in [4.78, 5) is 37.1. The van der Waals surface area contributed by atoms with Crippen LogP contribution in [0.4, 0.5) is 10.1 Å². The van der Waals surface area contributed by atoms with Gasteiger partial charge in [-0.15, -0.1) is 0 Å². The van der Waals surface area contributed by atoms with Crippen LogP contribution in [-0.4, -0.2) is 28.3 Å². The highest BCUT2D eigenvalue weighted by atomic mass is 19.1. The number of benzene rings is 2. The van der Waals surface area contributed by atoms with Crippen LogP contribution in [0.5, 0.6) is 0 Å². The van der Waals surface area contributed by atoms with Crippen LogP contribution >= 0.6 is 0 Å². The highest BCUT2D eigenvalue weighted by Crippen LogP contribution is 2.15. The van der Waals surface area contributed by atoms with Gasteiger partial charge in [-0.3, -0.25) is 9.59 Å². The summed E-state index contributed by atoms with van der Waals surface area (Å²) in [7, 11) is 0. The van der Waals surface area contributed by atoms with Crippen molar-refractivity contribution in [2.75, 3.05) is 11.9 Å². The molecular formula is C21H20FN3O4. The quantitative estimate of drug-likeness (QED) is 0.619. The van der Waals surface area contributed by atoms with Crippen LogP contribution in [0.2, 0.25) is 0 Å². The second-order valence-electron chi connectivity index (χ2n) is 6.41. The van der Waals surface area contributed by atoms with Gasteiger partial charge in [0, 0.05) is 17.6 Å². The molecule has 8 heteroatoms. The van der Waals surface area contributed by atoms with Crippen LogP contribution in [-0.2, 0) is 16.1 Å². The van der Waals surface area contributed by atoms with E-state index >= 15 is 0 Å². The number of carbonyl (C=O) groups excluding carboxylic acids is 2. The first-order valence-corrected chi connectivity index (χ1v) is 9.22. The second-order valence-corrected chi connectivity index (χ2v) is 6.41. The Balaban J connectivity index is 1.77. The fraction of sp³-hybridized carbons (Fsp3) is 0.238. The number of nitrogens with one attached hydrogen (secondary N) is 1. The van der Waals surface area contributed by atoms with E-state index in [4.69, 9.17) is 4.74 Å². The molecule has 3 rings (SSSR count). The smallest absolute Gasteiger partial charge is 0.359 e. The standard InChI is InChI=1S/C21H20FN3O4/c1-2-3-12-25-20(27)17-7-5-4-6-16(17)19(24-25)21(28)29-13-18(26)23-15-10-8-14(22)9-11-15/h4-11H,2-3,12-13H2,1H3,(H,23,26). The van der Waals surface area contributed by atoms with E-state index in [1.165, 1.54) is 28.9 Å². The van der Waals surface area contributed by atoms with Crippen LogP contribution in [0.3, 0.4) is 0 Å². The number of carbonyl (C=O) groups is 2. The SMILES string of the molecule is CCCCn1nc(C(=O)OCC(=O)Nc2ccc(F)cc2)c2ccccc2c1=O. The minimum Gasteiger partial charge on any atom is -0.451 e. The molecule has 0 aliphatic rings. The number of esters is 1. The average molecular weight is 397 g/mol. The fourth-order valence-corrected chi connectivity index (χ4v) is 2.78. The molecule has 3 aromatic rings. The number of hydrogen-bond donors (Lipinski definition) is 1.